The van der Waals surface area contributed by atoms with Gasteiger partial charge in [-0.25, -0.2) is 4.98 Å². The van der Waals surface area contributed by atoms with Gasteiger partial charge in [-0.2, -0.15) is 0 Å². The highest BCUT2D eigenvalue weighted by Crippen LogP contribution is 2.29. The van der Waals surface area contributed by atoms with Crippen molar-refractivity contribution in [1.82, 2.24) is 10.3 Å². The molecule has 1 aliphatic heterocycles. The maximum Gasteiger partial charge on any atom is 0.287 e. The molecule has 2 atom stereocenters. The van der Waals surface area contributed by atoms with Gasteiger partial charge < -0.3 is 25.2 Å². The normalized spacial score (nSPS) is 17.6. The van der Waals surface area contributed by atoms with Crippen molar-refractivity contribution in [3.05, 3.63) is 75.7 Å². The second kappa shape index (κ2) is 12.1. The second-order valence-corrected chi connectivity index (χ2v) is 8.35. The quantitative estimate of drug-likeness (QED) is 0.259. The summed E-state index contributed by atoms with van der Waals surface area (Å²) in [5.74, 6) is 0.840. The Balaban J connectivity index is 1.49. The molecule has 0 fully saturated rings. The van der Waals surface area contributed by atoms with Crippen LogP contribution in [0.3, 0.4) is 0 Å². The van der Waals surface area contributed by atoms with Gasteiger partial charge in [0.2, 0.25) is 6.29 Å². The molecule has 0 spiro atoms. The Bertz CT molecular complexity index is 992. The molecular weight excluding hydrogens is 440 g/mol. The number of aliphatic hydroxyl groups excluding tert-OH is 1. The van der Waals surface area contributed by atoms with E-state index in [0.717, 1.165) is 11.1 Å². The van der Waals surface area contributed by atoms with Crippen LogP contribution in [0.1, 0.15) is 31.4 Å². The lowest BCUT2D eigenvalue weighted by molar-refractivity contribution is -0.385. The first kappa shape index (κ1) is 25.1. The van der Waals surface area contributed by atoms with Crippen molar-refractivity contribution in [2.45, 2.75) is 39.8 Å². The predicted molar refractivity (Wildman–Crippen MR) is 125 cm³/mol. The number of carbonyl (C=O) groups excluding carboxylic acids is 1. The first-order valence-corrected chi connectivity index (χ1v) is 11.2. The molecule has 0 unspecified atom stereocenters. The predicted octanol–water partition coefficient (Wildman–Crippen LogP) is 3.13. The third-order valence-electron chi connectivity index (χ3n) is 5.49. The molecule has 34 heavy (non-hydrogen) atoms. The van der Waals surface area contributed by atoms with Crippen LogP contribution in [0.2, 0.25) is 0 Å². The molecule has 10 nitrogen and oxygen atoms in total. The standard InChI is InChI=1S/C24H30N4O6/c1-16(2)19-11-21(34-23(12-19)33-15-18-5-3-17(14-29)4-6-18)24(30)26-10-9-25-22-8-7-20(13-27-22)28(31)32/h3-8,11,13,16,19,23,29H,9-10,12,14-15H2,1-2H3,(H,25,27)(H,26,30)/t19-,23+/m1/s1. The van der Waals surface area contributed by atoms with Crippen LogP contribution < -0.4 is 10.6 Å². The highest BCUT2D eigenvalue weighted by atomic mass is 16.7. The summed E-state index contributed by atoms with van der Waals surface area (Å²) in [7, 11) is 0. The third-order valence-corrected chi connectivity index (χ3v) is 5.49. The van der Waals surface area contributed by atoms with Gasteiger partial charge in [0, 0.05) is 25.6 Å². The van der Waals surface area contributed by atoms with Crippen LogP contribution in [0.4, 0.5) is 11.5 Å². The Morgan fingerprint density at radius 1 is 1.24 bits per heavy atom. The van der Waals surface area contributed by atoms with Crippen molar-refractivity contribution in [1.29, 1.82) is 0 Å². The van der Waals surface area contributed by atoms with Crippen LogP contribution in [-0.4, -0.2) is 40.3 Å². The van der Waals surface area contributed by atoms with Crippen LogP contribution in [0.25, 0.3) is 0 Å². The minimum Gasteiger partial charge on any atom is -0.459 e. The molecule has 0 aliphatic carbocycles. The van der Waals surface area contributed by atoms with Gasteiger partial charge in [0.05, 0.1) is 18.1 Å². The number of nitrogens with zero attached hydrogens (tertiary/aromatic N) is 2. The van der Waals surface area contributed by atoms with E-state index in [4.69, 9.17) is 14.6 Å². The number of anilines is 1. The lowest BCUT2D eigenvalue weighted by Crippen LogP contribution is -2.36. The molecule has 182 valence electrons. The van der Waals surface area contributed by atoms with E-state index in [1.54, 1.807) is 0 Å². The zero-order valence-corrected chi connectivity index (χ0v) is 19.3. The topological polar surface area (TPSA) is 136 Å². The number of hydrogen-bond donors (Lipinski definition) is 3. The molecule has 0 radical (unpaired) electrons. The SMILES string of the molecule is CC(C)[C@@H]1C=C(C(=O)NCCNc2ccc([N+](=O)[O-])cn2)O[C@H](OCc2ccc(CO)cc2)C1. The number of rotatable bonds is 11. The molecule has 0 saturated carbocycles. The van der Waals surface area contributed by atoms with Gasteiger partial charge in [0.15, 0.2) is 5.76 Å². The van der Waals surface area contributed by atoms with E-state index < -0.39 is 11.2 Å². The summed E-state index contributed by atoms with van der Waals surface area (Å²) in [6.07, 6.45) is 3.13. The van der Waals surface area contributed by atoms with Gasteiger partial charge in [-0.3, -0.25) is 14.9 Å². The fraction of sp³-hybridized carbons (Fsp3) is 0.417. The van der Waals surface area contributed by atoms with E-state index in [-0.39, 0.29) is 29.9 Å². The fourth-order valence-corrected chi connectivity index (χ4v) is 3.39. The molecule has 2 heterocycles. The summed E-state index contributed by atoms with van der Waals surface area (Å²) >= 11 is 0. The van der Waals surface area contributed by atoms with Gasteiger partial charge >= 0.3 is 0 Å². The first-order chi connectivity index (χ1) is 16.4. The summed E-state index contributed by atoms with van der Waals surface area (Å²) in [6, 6.07) is 10.4. The minimum atomic E-state index is -0.543. The Morgan fingerprint density at radius 3 is 2.59 bits per heavy atom. The van der Waals surface area contributed by atoms with Crippen LogP contribution in [0.15, 0.2) is 54.4 Å². The van der Waals surface area contributed by atoms with Gasteiger partial charge in [0.25, 0.3) is 11.6 Å². The monoisotopic (exact) mass is 470 g/mol. The molecule has 2 aromatic rings. The lowest BCUT2D eigenvalue weighted by Gasteiger charge is -2.31. The average Bonchev–Trinajstić information content (AvgIpc) is 2.85. The van der Waals surface area contributed by atoms with Crippen molar-refractivity contribution < 1.29 is 24.3 Å². The van der Waals surface area contributed by atoms with Crippen molar-refractivity contribution in [2.75, 3.05) is 18.4 Å². The number of ether oxygens (including phenoxy) is 2. The van der Waals surface area contributed by atoms with Crippen LogP contribution in [0.5, 0.6) is 0 Å². The Hall–Kier alpha value is -3.50. The van der Waals surface area contributed by atoms with Crippen LogP contribution >= 0.6 is 0 Å². The fourth-order valence-electron chi connectivity index (χ4n) is 3.39. The summed E-state index contributed by atoms with van der Waals surface area (Å²) in [6.45, 7) is 5.21. The number of pyridine rings is 1. The maximum atomic E-state index is 12.7. The average molecular weight is 471 g/mol. The zero-order chi connectivity index (χ0) is 24.5. The molecule has 1 amide bonds. The van der Waals surface area contributed by atoms with Crippen molar-refractivity contribution in [3.63, 3.8) is 0 Å². The molecule has 3 N–H and O–H groups in total. The molecule has 10 heteroatoms. The largest absolute Gasteiger partial charge is 0.459 e. The summed E-state index contributed by atoms with van der Waals surface area (Å²) in [5, 5.41) is 25.7. The first-order valence-electron chi connectivity index (χ1n) is 11.2. The second-order valence-electron chi connectivity index (χ2n) is 8.35. The van der Waals surface area contributed by atoms with E-state index in [1.807, 2.05) is 30.3 Å². The smallest absolute Gasteiger partial charge is 0.287 e. The number of nitro groups is 1. The number of allylic oxidation sites excluding steroid dienone is 1. The number of hydrogen-bond acceptors (Lipinski definition) is 8. The van der Waals surface area contributed by atoms with E-state index in [1.165, 1.54) is 18.3 Å². The lowest BCUT2D eigenvalue weighted by atomic mass is 9.90. The Labute approximate surface area is 198 Å². The zero-order valence-electron chi connectivity index (χ0n) is 19.3. The van der Waals surface area contributed by atoms with E-state index in [0.29, 0.717) is 37.9 Å². The van der Waals surface area contributed by atoms with Crippen molar-refractivity contribution in [3.8, 4) is 0 Å². The molecule has 1 aliphatic rings. The molecule has 1 aromatic heterocycles. The molecule has 0 bridgehead atoms. The number of carbonyl (C=O) groups is 1. The van der Waals surface area contributed by atoms with Gasteiger partial charge in [-0.1, -0.05) is 38.1 Å². The van der Waals surface area contributed by atoms with Gasteiger partial charge in [0.1, 0.15) is 12.0 Å². The van der Waals surface area contributed by atoms with Crippen LogP contribution in [0, 0.1) is 22.0 Å². The van der Waals surface area contributed by atoms with Gasteiger partial charge in [-0.05, 0) is 35.1 Å². The number of nitrogens with one attached hydrogen (secondary N) is 2. The highest BCUT2D eigenvalue weighted by molar-refractivity contribution is 5.91. The van der Waals surface area contributed by atoms with Crippen molar-refractivity contribution in [2.24, 2.45) is 11.8 Å². The maximum absolute atomic E-state index is 12.7. The van der Waals surface area contributed by atoms with E-state index >= 15 is 0 Å². The van der Waals surface area contributed by atoms with Gasteiger partial charge in [-0.15, -0.1) is 0 Å². The van der Waals surface area contributed by atoms with Crippen LogP contribution in [-0.2, 0) is 27.5 Å². The Kier molecular flexibility index (Phi) is 8.94. The summed E-state index contributed by atoms with van der Waals surface area (Å²) < 4.78 is 11.8. The number of amides is 1. The molecule has 0 saturated heterocycles. The number of aliphatic hydroxyl groups is 1. The Morgan fingerprint density at radius 2 is 1.97 bits per heavy atom. The molecule has 1 aromatic carbocycles. The van der Waals surface area contributed by atoms with E-state index in [9.17, 15) is 14.9 Å². The summed E-state index contributed by atoms with van der Waals surface area (Å²) in [5.41, 5.74) is 1.70. The van der Waals surface area contributed by atoms with Crippen molar-refractivity contribution >= 4 is 17.4 Å². The minimum absolute atomic E-state index is 0.00782. The third kappa shape index (κ3) is 7.26. The number of aromatic nitrogens is 1. The molecule has 3 rings (SSSR count). The number of benzene rings is 1. The van der Waals surface area contributed by atoms with E-state index in [2.05, 4.69) is 29.5 Å². The summed E-state index contributed by atoms with van der Waals surface area (Å²) in [4.78, 5) is 26.8. The molecular formula is C24H30N4O6. The highest BCUT2D eigenvalue weighted by Gasteiger charge is 2.29.